The minimum Gasteiger partial charge on any atom is -0.236 e. The van der Waals surface area contributed by atoms with Crippen LogP contribution >= 0.6 is 27.5 Å². The monoisotopic (exact) mass is 358 g/mol. The third kappa shape index (κ3) is 2.09. The minimum atomic E-state index is 0.458. The van der Waals surface area contributed by atoms with E-state index >= 15 is 0 Å². The lowest BCUT2D eigenvalue weighted by atomic mass is 10.0. The molecule has 0 saturated heterocycles. The number of halogens is 2. The van der Waals surface area contributed by atoms with Crippen molar-refractivity contribution in [2.45, 2.75) is 0 Å². The number of pyridine rings is 1. The molecule has 0 aliphatic heterocycles. The van der Waals surface area contributed by atoms with Gasteiger partial charge in [-0.2, -0.15) is 5.10 Å². The summed E-state index contributed by atoms with van der Waals surface area (Å²) in [4.78, 5) is 8.79. The van der Waals surface area contributed by atoms with Gasteiger partial charge >= 0.3 is 0 Å². The average molecular weight is 360 g/mol. The fourth-order valence-electron chi connectivity index (χ4n) is 2.41. The van der Waals surface area contributed by atoms with E-state index in [1.54, 1.807) is 16.9 Å². The van der Waals surface area contributed by atoms with Crippen molar-refractivity contribution in [3.8, 4) is 11.1 Å². The van der Waals surface area contributed by atoms with Crippen molar-refractivity contribution >= 4 is 44.1 Å². The van der Waals surface area contributed by atoms with Crippen molar-refractivity contribution in [2.75, 3.05) is 0 Å². The summed E-state index contributed by atoms with van der Waals surface area (Å²) in [7, 11) is 0. The van der Waals surface area contributed by atoms with E-state index in [1.807, 2.05) is 36.5 Å². The van der Waals surface area contributed by atoms with Gasteiger partial charge in [-0.05, 0) is 33.6 Å². The summed E-state index contributed by atoms with van der Waals surface area (Å²) in [5.41, 5.74) is 3.56. The van der Waals surface area contributed by atoms with E-state index in [1.165, 1.54) is 0 Å². The molecule has 0 bridgehead atoms. The van der Waals surface area contributed by atoms with Gasteiger partial charge in [0.1, 0.15) is 5.15 Å². The molecule has 21 heavy (non-hydrogen) atoms. The Hall–Kier alpha value is -1.98. The van der Waals surface area contributed by atoms with Crippen LogP contribution in [0, 0.1) is 0 Å². The lowest BCUT2D eigenvalue weighted by Gasteiger charge is -2.05. The normalized spacial score (nSPS) is 11.3. The molecule has 1 aromatic carbocycles. The molecule has 0 fully saturated rings. The number of fused-ring (bicyclic) bond motifs is 2. The first-order chi connectivity index (χ1) is 10.2. The SMILES string of the molecule is Clc1cc(-c2cnn3cc(Br)cnc23)c2ccccc2n1. The average Bonchev–Trinajstić information content (AvgIpc) is 2.89. The fraction of sp³-hybridized carbons (Fsp3) is 0. The Morgan fingerprint density at radius 2 is 1.95 bits per heavy atom. The molecule has 0 N–H and O–H groups in total. The second kappa shape index (κ2) is 4.79. The Morgan fingerprint density at radius 3 is 2.86 bits per heavy atom. The van der Waals surface area contributed by atoms with Gasteiger partial charge in [-0.25, -0.2) is 14.5 Å². The second-order valence-corrected chi connectivity index (χ2v) is 5.91. The standard InChI is InChI=1S/C15H8BrClN4/c16-9-6-18-15-12(7-19-21(15)8-9)11-5-14(17)20-13-4-2-1-3-10(11)13/h1-8H. The smallest absolute Gasteiger partial charge is 0.162 e. The van der Waals surface area contributed by atoms with Crippen LogP contribution in [-0.2, 0) is 0 Å². The number of aromatic nitrogens is 4. The highest BCUT2D eigenvalue weighted by Gasteiger charge is 2.13. The number of hydrogen-bond donors (Lipinski definition) is 0. The van der Waals surface area contributed by atoms with Gasteiger partial charge < -0.3 is 0 Å². The van der Waals surface area contributed by atoms with Crippen molar-refractivity contribution in [2.24, 2.45) is 0 Å². The Bertz CT molecular complexity index is 980. The quantitative estimate of drug-likeness (QED) is 0.474. The van der Waals surface area contributed by atoms with E-state index in [9.17, 15) is 0 Å². The van der Waals surface area contributed by atoms with Crippen LogP contribution in [0.4, 0.5) is 0 Å². The summed E-state index contributed by atoms with van der Waals surface area (Å²) in [6.07, 6.45) is 5.43. The summed E-state index contributed by atoms with van der Waals surface area (Å²) in [5, 5.41) is 5.84. The maximum Gasteiger partial charge on any atom is 0.162 e. The van der Waals surface area contributed by atoms with Gasteiger partial charge in [0.2, 0.25) is 0 Å². The largest absolute Gasteiger partial charge is 0.236 e. The van der Waals surface area contributed by atoms with Crippen molar-refractivity contribution in [1.82, 2.24) is 19.6 Å². The topological polar surface area (TPSA) is 43.1 Å². The van der Waals surface area contributed by atoms with Crippen LogP contribution in [0.25, 0.3) is 27.7 Å². The molecule has 3 heterocycles. The zero-order valence-corrected chi connectivity index (χ0v) is 13.0. The molecule has 6 heteroatoms. The molecule has 0 radical (unpaired) electrons. The highest BCUT2D eigenvalue weighted by atomic mass is 79.9. The lowest BCUT2D eigenvalue weighted by molar-refractivity contribution is 0.933. The summed E-state index contributed by atoms with van der Waals surface area (Å²) < 4.78 is 2.62. The van der Waals surface area contributed by atoms with Crippen molar-refractivity contribution in [1.29, 1.82) is 0 Å². The van der Waals surface area contributed by atoms with Gasteiger partial charge in [-0.1, -0.05) is 29.8 Å². The van der Waals surface area contributed by atoms with Gasteiger partial charge in [-0.15, -0.1) is 0 Å². The van der Waals surface area contributed by atoms with Crippen LogP contribution < -0.4 is 0 Å². The Kier molecular flexibility index (Phi) is 2.90. The Balaban J connectivity index is 2.09. The first-order valence-corrected chi connectivity index (χ1v) is 7.44. The van der Waals surface area contributed by atoms with Crippen LogP contribution in [0.3, 0.4) is 0 Å². The maximum absolute atomic E-state index is 6.15. The summed E-state index contributed by atoms with van der Waals surface area (Å²) in [5.74, 6) is 0. The van der Waals surface area contributed by atoms with E-state index in [2.05, 4.69) is 31.0 Å². The van der Waals surface area contributed by atoms with E-state index < -0.39 is 0 Å². The van der Waals surface area contributed by atoms with Gasteiger partial charge in [0, 0.05) is 23.3 Å². The predicted octanol–water partition coefficient (Wildman–Crippen LogP) is 4.36. The number of nitrogens with zero attached hydrogens (tertiary/aromatic N) is 4. The molecular formula is C15H8BrClN4. The number of hydrogen-bond acceptors (Lipinski definition) is 3. The van der Waals surface area contributed by atoms with Crippen LogP contribution in [-0.4, -0.2) is 19.6 Å². The molecule has 3 aromatic heterocycles. The third-order valence-electron chi connectivity index (χ3n) is 3.30. The van der Waals surface area contributed by atoms with Gasteiger partial charge in [-0.3, -0.25) is 0 Å². The van der Waals surface area contributed by atoms with Gasteiger partial charge in [0.15, 0.2) is 5.65 Å². The molecule has 0 unspecified atom stereocenters. The third-order valence-corrected chi connectivity index (χ3v) is 3.90. The number of rotatable bonds is 1. The van der Waals surface area contributed by atoms with Crippen molar-refractivity contribution in [3.05, 3.63) is 58.5 Å². The zero-order chi connectivity index (χ0) is 14.4. The molecule has 0 aliphatic rings. The number of benzene rings is 1. The van der Waals surface area contributed by atoms with Crippen LogP contribution in [0.2, 0.25) is 5.15 Å². The van der Waals surface area contributed by atoms with Crippen molar-refractivity contribution in [3.63, 3.8) is 0 Å². The molecule has 0 atom stereocenters. The van der Waals surface area contributed by atoms with Crippen LogP contribution in [0.5, 0.6) is 0 Å². The molecular weight excluding hydrogens is 352 g/mol. The van der Waals surface area contributed by atoms with Gasteiger partial charge in [0.05, 0.1) is 16.2 Å². The zero-order valence-electron chi connectivity index (χ0n) is 10.7. The minimum absolute atomic E-state index is 0.458. The molecule has 0 aliphatic carbocycles. The molecule has 4 nitrogen and oxygen atoms in total. The van der Waals surface area contributed by atoms with Crippen molar-refractivity contribution < 1.29 is 0 Å². The van der Waals surface area contributed by atoms with E-state index in [0.29, 0.717) is 5.15 Å². The second-order valence-electron chi connectivity index (χ2n) is 4.61. The predicted molar refractivity (Wildman–Crippen MR) is 86.4 cm³/mol. The highest BCUT2D eigenvalue weighted by molar-refractivity contribution is 9.10. The number of para-hydroxylation sites is 1. The van der Waals surface area contributed by atoms with E-state index in [-0.39, 0.29) is 0 Å². The highest BCUT2D eigenvalue weighted by Crippen LogP contribution is 2.32. The maximum atomic E-state index is 6.15. The fourth-order valence-corrected chi connectivity index (χ4v) is 2.90. The molecule has 0 saturated carbocycles. The molecule has 4 rings (SSSR count). The first-order valence-electron chi connectivity index (χ1n) is 6.27. The molecule has 4 aromatic rings. The van der Waals surface area contributed by atoms with Crippen LogP contribution in [0.1, 0.15) is 0 Å². The summed E-state index contributed by atoms with van der Waals surface area (Å²) in [6, 6.07) is 9.75. The summed E-state index contributed by atoms with van der Waals surface area (Å²) in [6.45, 7) is 0. The van der Waals surface area contributed by atoms with E-state index in [0.717, 1.165) is 32.1 Å². The Morgan fingerprint density at radius 1 is 1.10 bits per heavy atom. The van der Waals surface area contributed by atoms with Gasteiger partial charge in [0.25, 0.3) is 0 Å². The van der Waals surface area contributed by atoms with Crippen LogP contribution in [0.15, 0.2) is 53.4 Å². The Labute approximate surface area is 133 Å². The molecule has 0 amide bonds. The summed E-state index contributed by atoms with van der Waals surface area (Å²) >= 11 is 9.55. The lowest BCUT2D eigenvalue weighted by Crippen LogP contribution is -1.90. The first kappa shape index (κ1) is 12.7. The molecule has 0 spiro atoms. The van der Waals surface area contributed by atoms with E-state index in [4.69, 9.17) is 11.6 Å². The molecule has 102 valence electrons.